The Morgan fingerprint density at radius 3 is 2.62 bits per heavy atom. The van der Waals surface area contributed by atoms with E-state index in [-0.39, 0.29) is 0 Å². The van der Waals surface area contributed by atoms with E-state index in [1.165, 1.54) is 45.3 Å². The van der Waals surface area contributed by atoms with E-state index in [0.29, 0.717) is 6.04 Å². The SMILES string of the molecule is CCN(CCCC(C)N)CC1CC1. The van der Waals surface area contributed by atoms with Crippen molar-refractivity contribution in [2.75, 3.05) is 19.6 Å². The molecule has 1 atom stereocenters. The summed E-state index contributed by atoms with van der Waals surface area (Å²) in [6.07, 6.45) is 5.35. The van der Waals surface area contributed by atoms with Gasteiger partial charge in [0.15, 0.2) is 0 Å². The minimum absolute atomic E-state index is 0.375. The van der Waals surface area contributed by atoms with Crippen LogP contribution in [0.5, 0.6) is 0 Å². The van der Waals surface area contributed by atoms with E-state index < -0.39 is 0 Å². The minimum Gasteiger partial charge on any atom is -0.328 e. The number of rotatable bonds is 7. The molecule has 78 valence electrons. The lowest BCUT2D eigenvalue weighted by Crippen LogP contribution is -2.28. The van der Waals surface area contributed by atoms with Crippen LogP contribution in [0.1, 0.15) is 39.5 Å². The topological polar surface area (TPSA) is 29.3 Å². The lowest BCUT2D eigenvalue weighted by molar-refractivity contribution is 0.268. The predicted molar refractivity (Wildman–Crippen MR) is 57.7 cm³/mol. The van der Waals surface area contributed by atoms with Crippen molar-refractivity contribution >= 4 is 0 Å². The zero-order chi connectivity index (χ0) is 9.68. The number of nitrogens with zero attached hydrogens (tertiary/aromatic N) is 1. The van der Waals surface area contributed by atoms with E-state index >= 15 is 0 Å². The van der Waals surface area contributed by atoms with Crippen LogP contribution in [0.3, 0.4) is 0 Å². The van der Waals surface area contributed by atoms with Crippen LogP contribution in [0.2, 0.25) is 0 Å². The summed E-state index contributed by atoms with van der Waals surface area (Å²) >= 11 is 0. The van der Waals surface area contributed by atoms with Gasteiger partial charge in [0.1, 0.15) is 0 Å². The van der Waals surface area contributed by atoms with Crippen LogP contribution in [-0.4, -0.2) is 30.6 Å². The highest BCUT2D eigenvalue weighted by atomic mass is 15.1. The van der Waals surface area contributed by atoms with Crippen LogP contribution in [0.4, 0.5) is 0 Å². The van der Waals surface area contributed by atoms with Crippen LogP contribution in [0, 0.1) is 5.92 Å². The molecule has 1 rings (SSSR count). The summed E-state index contributed by atoms with van der Waals surface area (Å²) in [5.41, 5.74) is 5.72. The van der Waals surface area contributed by atoms with Crippen molar-refractivity contribution in [3.63, 3.8) is 0 Å². The van der Waals surface area contributed by atoms with Crippen molar-refractivity contribution in [3.8, 4) is 0 Å². The number of hydrogen-bond donors (Lipinski definition) is 1. The first-order valence-electron chi connectivity index (χ1n) is 5.70. The molecule has 0 aliphatic heterocycles. The zero-order valence-electron chi connectivity index (χ0n) is 9.13. The smallest absolute Gasteiger partial charge is 0.00109 e. The van der Waals surface area contributed by atoms with Crippen molar-refractivity contribution in [1.82, 2.24) is 4.90 Å². The van der Waals surface area contributed by atoms with Gasteiger partial charge in [0.25, 0.3) is 0 Å². The number of nitrogens with two attached hydrogens (primary N) is 1. The van der Waals surface area contributed by atoms with Crippen molar-refractivity contribution in [1.29, 1.82) is 0 Å². The lowest BCUT2D eigenvalue weighted by atomic mass is 10.2. The second-order valence-corrected chi connectivity index (χ2v) is 4.46. The van der Waals surface area contributed by atoms with Crippen molar-refractivity contribution in [3.05, 3.63) is 0 Å². The molecule has 2 nitrogen and oxygen atoms in total. The molecule has 1 aliphatic rings. The van der Waals surface area contributed by atoms with Gasteiger partial charge in [-0.1, -0.05) is 6.92 Å². The van der Waals surface area contributed by atoms with Crippen LogP contribution >= 0.6 is 0 Å². The monoisotopic (exact) mass is 184 g/mol. The van der Waals surface area contributed by atoms with Gasteiger partial charge >= 0.3 is 0 Å². The molecule has 0 saturated heterocycles. The van der Waals surface area contributed by atoms with Gasteiger partial charge in [-0.05, 0) is 51.6 Å². The molecule has 0 spiro atoms. The molecule has 0 aromatic carbocycles. The van der Waals surface area contributed by atoms with E-state index in [9.17, 15) is 0 Å². The average molecular weight is 184 g/mol. The largest absolute Gasteiger partial charge is 0.328 e. The van der Waals surface area contributed by atoms with E-state index in [0.717, 1.165) is 5.92 Å². The highest BCUT2D eigenvalue weighted by molar-refractivity contribution is 4.76. The Kier molecular flexibility index (Phi) is 4.74. The predicted octanol–water partition coefficient (Wildman–Crippen LogP) is 1.85. The van der Waals surface area contributed by atoms with Gasteiger partial charge in [-0.15, -0.1) is 0 Å². The van der Waals surface area contributed by atoms with Crippen molar-refractivity contribution in [2.45, 2.75) is 45.6 Å². The second-order valence-electron chi connectivity index (χ2n) is 4.46. The first kappa shape index (κ1) is 11.0. The average Bonchev–Trinajstić information content (AvgIpc) is 2.86. The van der Waals surface area contributed by atoms with E-state index in [1.54, 1.807) is 0 Å². The fourth-order valence-electron chi connectivity index (χ4n) is 1.68. The Morgan fingerprint density at radius 2 is 2.15 bits per heavy atom. The molecule has 0 aromatic heterocycles. The maximum Gasteiger partial charge on any atom is 0.00109 e. The van der Waals surface area contributed by atoms with Crippen LogP contribution in [0.15, 0.2) is 0 Å². The molecule has 2 heteroatoms. The standard InChI is InChI=1S/C11H24N2/c1-3-13(9-11-6-7-11)8-4-5-10(2)12/h10-11H,3-9,12H2,1-2H3. The van der Waals surface area contributed by atoms with E-state index in [2.05, 4.69) is 18.7 Å². The summed E-state index contributed by atoms with van der Waals surface area (Å²) in [7, 11) is 0. The molecule has 1 unspecified atom stereocenters. The molecule has 0 bridgehead atoms. The van der Waals surface area contributed by atoms with Crippen molar-refractivity contribution < 1.29 is 0 Å². The van der Waals surface area contributed by atoms with Gasteiger partial charge in [0, 0.05) is 12.6 Å². The molecule has 2 N–H and O–H groups in total. The van der Waals surface area contributed by atoms with Gasteiger partial charge in [-0.25, -0.2) is 0 Å². The maximum absolute atomic E-state index is 5.72. The summed E-state index contributed by atoms with van der Waals surface area (Å²) < 4.78 is 0. The molecule has 1 fully saturated rings. The highest BCUT2D eigenvalue weighted by Gasteiger charge is 2.23. The Labute approximate surface area is 82.5 Å². The normalized spacial score (nSPS) is 19.4. The molecular weight excluding hydrogens is 160 g/mol. The molecule has 13 heavy (non-hydrogen) atoms. The third-order valence-corrected chi connectivity index (χ3v) is 2.79. The van der Waals surface area contributed by atoms with Crippen LogP contribution < -0.4 is 5.73 Å². The summed E-state index contributed by atoms with van der Waals surface area (Å²) in [5.74, 6) is 1.02. The summed E-state index contributed by atoms with van der Waals surface area (Å²) in [4.78, 5) is 2.57. The molecule has 0 aromatic rings. The third kappa shape index (κ3) is 5.27. The highest BCUT2D eigenvalue weighted by Crippen LogP contribution is 2.29. The first-order chi connectivity index (χ1) is 6.22. The summed E-state index contributed by atoms with van der Waals surface area (Å²) in [6, 6.07) is 0.375. The van der Waals surface area contributed by atoms with Gasteiger partial charge in [-0.2, -0.15) is 0 Å². The fraction of sp³-hybridized carbons (Fsp3) is 1.00. The summed E-state index contributed by atoms with van der Waals surface area (Å²) in [5, 5.41) is 0. The molecule has 0 radical (unpaired) electrons. The van der Waals surface area contributed by atoms with Crippen LogP contribution in [-0.2, 0) is 0 Å². The molecule has 1 aliphatic carbocycles. The Morgan fingerprint density at radius 1 is 1.46 bits per heavy atom. The van der Waals surface area contributed by atoms with E-state index in [4.69, 9.17) is 5.73 Å². The molecule has 0 amide bonds. The summed E-state index contributed by atoms with van der Waals surface area (Å²) in [6.45, 7) is 8.13. The Hall–Kier alpha value is -0.0800. The minimum atomic E-state index is 0.375. The van der Waals surface area contributed by atoms with Gasteiger partial charge < -0.3 is 10.6 Å². The molecule has 0 heterocycles. The lowest BCUT2D eigenvalue weighted by Gasteiger charge is -2.20. The van der Waals surface area contributed by atoms with E-state index in [1.807, 2.05) is 0 Å². The fourth-order valence-corrected chi connectivity index (χ4v) is 1.68. The molecular formula is C11H24N2. The number of hydrogen-bond acceptors (Lipinski definition) is 2. The maximum atomic E-state index is 5.72. The Bertz CT molecular complexity index is 130. The Balaban J connectivity index is 2.01. The van der Waals surface area contributed by atoms with Gasteiger partial charge in [-0.3, -0.25) is 0 Å². The third-order valence-electron chi connectivity index (χ3n) is 2.79. The van der Waals surface area contributed by atoms with Crippen LogP contribution in [0.25, 0.3) is 0 Å². The van der Waals surface area contributed by atoms with Gasteiger partial charge in [0.05, 0.1) is 0 Å². The van der Waals surface area contributed by atoms with Crippen molar-refractivity contribution in [2.24, 2.45) is 11.7 Å². The zero-order valence-corrected chi connectivity index (χ0v) is 9.13. The quantitative estimate of drug-likeness (QED) is 0.654. The first-order valence-corrected chi connectivity index (χ1v) is 5.70. The van der Waals surface area contributed by atoms with Gasteiger partial charge in [0.2, 0.25) is 0 Å². The molecule has 1 saturated carbocycles. The second kappa shape index (κ2) is 5.61.